The van der Waals surface area contributed by atoms with Crippen molar-refractivity contribution in [3.63, 3.8) is 0 Å². The fourth-order valence-corrected chi connectivity index (χ4v) is 1.91. The van der Waals surface area contributed by atoms with Gasteiger partial charge in [0, 0.05) is 10.9 Å². The molecule has 0 aliphatic rings. The standard InChI is InChI=1S/C14H10BrF3O/c15-7-9-4-5-13(12(17)6-9)19-8-10-2-1-3-11(16)14(10)18/h1-6H,7-8H2. The fourth-order valence-electron chi connectivity index (χ4n) is 1.56. The summed E-state index contributed by atoms with van der Waals surface area (Å²) in [4.78, 5) is 0. The SMILES string of the molecule is Fc1cc(CBr)ccc1OCc1cccc(F)c1F. The normalized spacial score (nSPS) is 10.5. The molecule has 0 saturated carbocycles. The van der Waals surface area contributed by atoms with Gasteiger partial charge in [0.2, 0.25) is 0 Å². The molecule has 0 aliphatic carbocycles. The number of benzene rings is 2. The van der Waals surface area contributed by atoms with Gasteiger partial charge in [-0.15, -0.1) is 0 Å². The highest BCUT2D eigenvalue weighted by Gasteiger charge is 2.10. The Balaban J connectivity index is 2.12. The average molecular weight is 331 g/mol. The molecule has 0 unspecified atom stereocenters. The maximum absolute atomic E-state index is 13.6. The number of ether oxygens (including phenoxy) is 1. The summed E-state index contributed by atoms with van der Waals surface area (Å²) in [5, 5.41) is 0.530. The predicted molar refractivity (Wildman–Crippen MR) is 69.7 cm³/mol. The fraction of sp³-hybridized carbons (Fsp3) is 0.143. The monoisotopic (exact) mass is 330 g/mol. The smallest absolute Gasteiger partial charge is 0.165 e. The lowest BCUT2D eigenvalue weighted by Crippen LogP contribution is -2.01. The van der Waals surface area contributed by atoms with Gasteiger partial charge in [-0.25, -0.2) is 13.2 Å². The number of hydrogen-bond acceptors (Lipinski definition) is 1. The highest BCUT2D eigenvalue weighted by atomic mass is 79.9. The van der Waals surface area contributed by atoms with E-state index >= 15 is 0 Å². The predicted octanol–water partition coefficient (Wildman–Crippen LogP) is 4.58. The third kappa shape index (κ3) is 3.29. The molecule has 0 fully saturated rings. The number of rotatable bonds is 4. The van der Waals surface area contributed by atoms with E-state index in [9.17, 15) is 13.2 Å². The molecule has 0 atom stereocenters. The Bertz CT molecular complexity index is 587. The molecule has 0 heterocycles. The van der Waals surface area contributed by atoms with Gasteiger partial charge in [0.05, 0.1) is 0 Å². The second-order valence-electron chi connectivity index (χ2n) is 3.90. The average Bonchev–Trinajstić information content (AvgIpc) is 2.41. The second kappa shape index (κ2) is 6.10. The number of halogens is 4. The zero-order chi connectivity index (χ0) is 13.8. The van der Waals surface area contributed by atoms with Gasteiger partial charge in [-0.1, -0.05) is 34.1 Å². The molecule has 0 radical (unpaired) electrons. The summed E-state index contributed by atoms with van der Waals surface area (Å²) in [6, 6.07) is 8.26. The molecule has 19 heavy (non-hydrogen) atoms. The molecule has 0 spiro atoms. The lowest BCUT2D eigenvalue weighted by Gasteiger charge is -2.09. The number of alkyl halides is 1. The summed E-state index contributed by atoms with van der Waals surface area (Å²) < 4.78 is 45.1. The van der Waals surface area contributed by atoms with Gasteiger partial charge in [-0.2, -0.15) is 0 Å². The van der Waals surface area contributed by atoms with Crippen LogP contribution in [0.4, 0.5) is 13.2 Å². The van der Waals surface area contributed by atoms with Gasteiger partial charge < -0.3 is 4.74 Å². The minimum Gasteiger partial charge on any atom is -0.486 e. The van der Waals surface area contributed by atoms with Gasteiger partial charge >= 0.3 is 0 Å². The summed E-state index contributed by atoms with van der Waals surface area (Å²) in [5.41, 5.74) is 0.811. The molecule has 2 rings (SSSR count). The Hall–Kier alpha value is -1.49. The minimum atomic E-state index is -0.972. The summed E-state index contributed by atoms with van der Waals surface area (Å²) in [7, 11) is 0. The Morgan fingerprint density at radius 2 is 1.79 bits per heavy atom. The van der Waals surface area contributed by atoms with E-state index < -0.39 is 17.5 Å². The van der Waals surface area contributed by atoms with E-state index in [0.717, 1.165) is 11.6 Å². The van der Waals surface area contributed by atoms with Gasteiger partial charge in [-0.3, -0.25) is 0 Å². The second-order valence-corrected chi connectivity index (χ2v) is 4.46. The topological polar surface area (TPSA) is 9.23 Å². The third-order valence-corrected chi connectivity index (χ3v) is 3.21. The van der Waals surface area contributed by atoms with Crippen molar-refractivity contribution in [1.82, 2.24) is 0 Å². The molecule has 0 saturated heterocycles. The van der Waals surface area contributed by atoms with Crippen molar-refractivity contribution in [2.24, 2.45) is 0 Å². The van der Waals surface area contributed by atoms with Gasteiger partial charge in [-0.05, 0) is 23.8 Å². The summed E-state index contributed by atoms with van der Waals surface area (Å²) >= 11 is 3.21. The molecule has 0 bridgehead atoms. The van der Waals surface area contributed by atoms with Crippen LogP contribution >= 0.6 is 15.9 Å². The summed E-state index contributed by atoms with van der Waals surface area (Å²) in [5.74, 6) is -2.45. The first-order valence-electron chi connectivity index (χ1n) is 5.52. The van der Waals surface area contributed by atoms with E-state index in [0.29, 0.717) is 5.33 Å². The van der Waals surface area contributed by atoms with Crippen molar-refractivity contribution >= 4 is 15.9 Å². The molecule has 100 valence electrons. The quantitative estimate of drug-likeness (QED) is 0.746. The lowest BCUT2D eigenvalue weighted by molar-refractivity contribution is 0.282. The van der Waals surface area contributed by atoms with E-state index in [1.165, 1.54) is 24.3 Å². The van der Waals surface area contributed by atoms with E-state index in [2.05, 4.69) is 15.9 Å². The zero-order valence-electron chi connectivity index (χ0n) is 9.80. The van der Waals surface area contributed by atoms with Crippen molar-refractivity contribution in [3.05, 3.63) is 65.0 Å². The van der Waals surface area contributed by atoms with Gasteiger partial charge in [0.1, 0.15) is 6.61 Å². The zero-order valence-corrected chi connectivity index (χ0v) is 11.4. The Labute approximate surface area is 117 Å². The van der Waals surface area contributed by atoms with Crippen LogP contribution in [-0.4, -0.2) is 0 Å². The first-order valence-corrected chi connectivity index (χ1v) is 6.64. The first-order chi connectivity index (χ1) is 9.11. The molecule has 0 N–H and O–H groups in total. The number of hydrogen-bond donors (Lipinski definition) is 0. The van der Waals surface area contributed by atoms with Crippen LogP contribution in [0, 0.1) is 17.5 Å². The van der Waals surface area contributed by atoms with E-state index in [-0.39, 0.29) is 17.9 Å². The van der Waals surface area contributed by atoms with Crippen LogP contribution < -0.4 is 4.74 Å². The molecule has 2 aromatic carbocycles. The molecule has 0 amide bonds. The maximum Gasteiger partial charge on any atom is 0.165 e. The lowest BCUT2D eigenvalue weighted by atomic mass is 10.2. The molecular weight excluding hydrogens is 321 g/mol. The van der Waals surface area contributed by atoms with Crippen LogP contribution in [0.15, 0.2) is 36.4 Å². The molecule has 5 heteroatoms. The van der Waals surface area contributed by atoms with Crippen molar-refractivity contribution < 1.29 is 17.9 Å². The largest absolute Gasteiger partial charge is 0.486 e. The minimum absolute atomic E-state index is 0.00774. The Morgan fingerprint density at radius 3 is 2.47 bits per heavy atom. The van der Waals surface area contributed by atoms with Crippen molar-refractivity contribution in [2.45, 2.75) is 11.9 Å². The Morgan fingerprint density at radius 1 is 1.00 bits per heavy atom. The van der Waals surface area contributed by atoms with Crippen LogP contribution in [0.2, 0.25) is 0 Å². The molecule has 0 aliphatic heterocycles. The third-order valence-electron chi connectivity index (χ3n) is 2.57. The maximum atomic E-state index is 13.6. The van der Waals surface area contributed by atoms with Crippen LogP contribution in [-0.2, 0) is 11.9 Å². The van der Waals surface area contributed by atoms with E-state index in [1.54, 1.807) is 6.07 Å². The van der Waals surface area contributed by atoms with Crippen molar-refractivity contribution in [1.29, 1.82) is 0 Å². The highest BCUT2D eigenvalue weighted by Crippen LogP contribution is 2.21. The Kier molecular flexibility index (Phi) is 4.47. The van der Waals surface area contributed by atoms with Gasteiger partial charge in [0.25, 0.3) is 0 Å². The summed E-state index contributed by atoms with van der Waals surface area (Å²) in [6.07, 6.45) is 0. The first kappa shape index (κ1) is 13.9. The van der Waals surface area contributed by atoms with E-state index in [1.807, 2.05) is 0 Å². The van der Waals surface area contributed by atoms with Crippen LogP contribution in [0.5, 0.6) is 5.75 Å². The van der Waals surface area contributed by atoms with Crippen LogP contribution in [0.25, 0.3) is 0 Å². The summed E-state index contributed by atoms with van der Waals surface area (Å²) in [6.45, 7) is -0.228. The molecule has 2 aromatic rings. The van der Waals surface area contributed by atoms with Gasteiger partial charge in [0.15, 0.2) is 23.2 Å². The van der Waals surface area contributed by atoms with Crippen LogP contribution in [0.3, 0.4) is 0 Å². The van der Waals surface area contributed by atoms with Crippen LogP contribution in [0.1, 0.15) is 11.1 Å². The molecule has 0 aromatic heterocycles. The highest BCUT2D eigenvalue weighted by molar-refractivity contribution is 9.08. The van der Waals surface area contributed by atoms with E-state index in [4.69, 9.17) is 4.74 Å². The molecule has 1 nitrogen and oxygen atoms in total. The molecular formula is C14H10BrF3O. The van der Waals surface area contributed by atoms with Crippen molar-refractivity contribution in [2.75, 3.05) is 0 Å². The van der Waals surface area contributed by atoms with Crippen molar-refractivity contribution in [3.8, 4) is 5.75 Å².